The molecular weight excluding hydrogens is 240 g/mol. The van der Waals surface area contributed by atoms with Crippen molar-refractivity contribution in [2.45, 2.75) is 64.0 Å². The van der Waals surface area contributed by atoms with Crippen molar-refractivity contribution in [2.24, 2.45) is 11.3 Å². The summed E-state index contributed by atoms with van der Waals surface area (Å²) in [6.07, 6.45) is 7.67. The molecule has 1 spiro atoms. The van der Waals surface area contributed by atoms with Gasteiger partial charge in [-0.3, -0.25) is 0 Å². The maximum Gasteiger partial charge on any atom is 0.317 e. The average Bonchev–Trinajstić information content (AvgIpc) is 2.92. The quantitative estimate of drug-likeness (QED) is 0.804. The van der Waals surface area contributed by atoms with Crippen molar-refractivity contribution in [3.05, 3.63) is 0 Å². The summed E-state index contributed by atoms with van der Waals surface area (Å²) in [4.78, 5) is 14.0. The summed E-state index contributed by atoms with van der Waals surface area (Å²) in [7, 11) is 0. The van der Waals surface area contributed by atoms with Crippen LogP contribution in [-0.4, -0.2) is 40.8 Å². The first kappa shape index (κ1) is 13.2. The van der Waals surface area contributed by atoms with Crippen molar-refractivity contribution in [3.63, 3.8) is 0 Å². The summed E-state index contributed by atoms with van der Waals surface area (Å²) >= 11 is 0. The molecule has 0 aromatic carbocycles. The molecule has 3 fully saturated rings. The third-order valence-electron chi connectivity index (χ3n) is 5.39. The Morgan fingerprint density at radius 2 is 2.00 bits per heavy atom. The van der Waals surface area contributed by atoms with Crippen LogP contribution in [0.15, 0.2) is 0 Å². The SMILES string of the molecule is CC(C)(O)C1CN(C(=O)NC2CCCC3(CC3)C2)C1. The average molecular weight is 266 g/mol. The third-order valence-corrected chi connectivity index (χ3v) is 5.39. The number of nitrogens with zero attached hydrogens (tertiary/aromatic N) is 1. The highest BCUT2D eigenvalue weighted by Gasteiger charge is 2.46. The highest BCUT2D eigenvalue weighted by atomic mass is 16.3. The molecule has 0 aromatic heterocycles. The van der Waals surface area contributed by atoms with Gasteiger partial charge in [0, 0.05) is 25.0 Å². The summed E-state index contributed by atoms with van der Waals surface area (Å²) < 4.78 is 0. The highest BCUT2D eigenvalue weighted by Crippen LogP contribution is 2.56. The molecule has 3 aliphatic rings. The second-order valence-corrected chi connectivity index (χ2v) is 7.50. The number of nitrogens with one attached hydrogen (secondary N) is 1. The van der Waals surface area contributed by atoms with E-state index < -0.39 is 5.60 Å². The summed E-state index contributed by atoms with van der Waals surface area (Å²) in [5, 5.41) is 13.1. The van der Waals surface area contributed by atoms with Gasteiger partial charge >= 0.3 is 6.03 Å². The molecule has 2 saturated carbocycles. The zero-order valence-corrected chi connectivity index (χ0v) is 12.1. The molecular formula is C15H26N2O2. The first-order valence-electron chi connectivity index (χ1n) is 7.66. The van der Waals surface area contributed by atoms with E-state index in [1.54, 1.807) is 0 Å². The van der Waals surface area contributed by atoms with E-state index in [0.717, 1.165) is 6.42 Å². The fourth-order valence-electron chi connectivity index (χ4n) is 3.56. The summed E-state index contributed by atoms with van der Waals surface area (Å²) in [5.74, 6) is 0.222. The minimum Gasteiger partial charge on any atom is -0.390 e. The monoisotopic (exact) mass is 266 g/mol. The predicted molar refractivity (Wildman–Crippen MR) is 73.8 cm³/mol. The molecule has 1 heterocycles. The van der Waals surface area contributed by atoms with Gasteiger partial charge in [0.25, 0.3) is 0 Å². The van der Waals surface area contributed by atoms with Gasteiger partial charge in [0.15, 0.2) is 0 Å². The second-order valence-electron chi connectivity index (χ2n) is 7.50. The van der Waals surface area contributed by atoms with Gasteiger partial charge < -0.3 is 15.3 Å². The lowest BCUT2D eigenvalue weighted by Gasteiger charge is -2.45. The Bertz CT molecular complexity index is 365. The number of carbonyl (C=O) groups excluding carboxylic acids is 1. The Kier molecular flexibility index (Phi) is 3.04. The molecule has 0 aromatic rings. The largest absolute Gasteiger partial charge is 0.390 e. The first-order chi connectivity index (χ1) is 8.88. The van der Waals surface area contributed by atoms with E-state index in [0.29, 0.717) is 24.5 Å². The van der Waals surface area contributed by atoms with Crippen molar-refractivity contribution >= 4 is 6.03 Å². The number of aliphatic hydroxyl groups is 1. The number of rotatable bonds is 2. The van der Waals surface area contributed by atoms with Gasteiger partial charge in [-0.25, -0.2) is 4.79 Å². The Hall–Kier alpha value is -0.770. The van der Waals surface area contributed by atoms with Crippen LogP contribution in [0, 0.1) is 11.3 Å². The molecule has 1 saturated heterocycles. The van der Waals surface area contributed by atoms with Crippen LogP contribution < -0.4 is 5.32 Å². The number of amides is 2. The van der Waals surface area contributed by atoms with E-state index in [-0.39, 0.29) is 11.9 Å². The number of hydrogen-bond acceptors (Lipinski definition) is 2. The van der Waals surface area contributed by atoms with Gasteiger partial charge in [-0.1, -0.05) is 6.42 Å². The van der Waals surface area contributed by atoms with Gasteiger partial charge in [0.2, 0.25) is 0 Å². The molecule has 0 bridgehead atoms. The number of carbonyl (C=O) groups is 1. The molecule has 2 N–H and O–H groups in total. The second kappa shape index (κ2) is 4.37. The maximum absolute atomic E-state index is 12.1. The molecule has 4 heteroatoms. The zero-order valence-electron chi connectivity index (χ0n) is 12.1. The molecule has 2 amide bonds. The van der Waals surface area contributed by atoms with Crippen LogP contribution in [0.1, 0.15) is 52.4 Å². The van der Waals surface area contributed by atoms with Crippen LogP contribution in [0.4, 0.5) is 4.79 Å². The molecule has 0 radical (unpaired) electrons. The molecule has 19 heavy (non-hydrogen) atoms. The minimum atomic E-state index is -0.667. The first-order valence-corrected chi connectivity index (χ1v) is 7.66. The fraction of sp³-hybridized carbons (Fsp3) is 0.933. The smallest absolute Gasteiger partial charge is 0.317 e. The van der Waals surface area contributed by atoms with E-state index in [9.17, 15) is 9.90 Å². The van der Waals surface area contributed by atoms with Gasteiger partial charge in [0.1, 0.15) is 0 Å². The molecule has 1 aliphatic heterocycles. The summed E-state index contributed by atoms with van der Waals surface area (Å²) in [5.41, 5.74) is -0.0690. The molecule has 2 aliphatic carbocycles. The third kappa shape index (κ3) is 2.73. The van der Waals surface area contributed by atoms with Gasteiger partial charge in [-0.05, 0) is 51.4 Å². The Labute approximate surface area is 115 Å². The van der Waals surface area contributed by atoms with Crippen LogP contribution in [0.3, 0.4) is 0 Å². The fourth-order valence-corrected chi connectivity index (χ4v) is 3.56. The van der Waals surface area contributed by atoms with Crippen LogP contribution >= 0.6 is 0 Å². The standard InChI is InChI=1S/C15H26N2O2/c1-14(2,19)11-9-17(10-11)13(18)16-12-4-3-5-15(8-12)6-7-15/h11-12,19H,3-10H2,1-2H3,(H,16,18). The van der Waals surface area contributed by atoms with E-state index in [2.05, 4.69) is 5.32 Å². The number of likely N-dealkylation sites (tertiary alicyclic amines) is 1. The predicted octanol–water partition coefficient (Wildman–Crippen LogP) is 2.12. The van der Waals surface area contributed by atoms with Gasteiger partial charge in [-0.15, -0.1) is 0 Å². The van der Waals surface area contributed by atoms with E-state index >= 15 is 0 Å². The maximum atomic E-state index is 12.1. The van der Waals surface area contributed by atoms with Crippen molar-refractivity contribution in [1.82, 2.24) is 10.2 Å². The van der Waals surface area contributed by atoms with E-state index in [4.69, 9.17) is 0 Å². The van der Waals surface area contributed by atoms with Gasteiger partial charge in [0.05, 0.1) is 5.60 Å². The molecule has 108 valence electrons. The normalized spacial score (nSPS) is 30.1. The van der Waals surface area contributed by atoms with Crippen molar-refractivity contribution < 1.29 is 9.90 Å². The summed E-state index contributed by atoms with van der Waals surface area (Å²) in [6.45, 7) is 5.02. The highest BCUT2D eigenvalue weighted by molar-refractivity contribution is 5.75. The van der Waals surface area contributed by atoms with Crippen molar-refractivity contribution in [3.8, 4) is 0 Å². The van der Waals surface area contributed by atoms with Crippen molar-refractivity contribution in [2.75, 3.05) is 13.1 Å². The van der Waals surface area contributed by atoms with Crippen LogP contribution in [0.2, 0.25) is 0 Å². The van der Waals surface area contributed by atoms with Gasteiger partial charge in [-0.2, -0.15) is 0 Å². The van der Waals surface area contributed by atoms with E-state index in [1.807, 2.05) is 18.7 Å². The molecule has 3 rings (SSSR count). The Morgan fingerprint density at radius 3 is 2.58 bits per heavy atom. The zero-order chi connectivity index (χ0) is 13.7. The number of urea groups is 1. The lowest BCUT2D eigenvalue weighted by molar-refractivity contribution is -0.0462. The van der Waals surface area contributed by atoms with Crippen LogP contribution in [-0.2, 0) is 0 Å². The summed E-state index contributed by atoms with van der Waals surface area (Å²) in [6, 6.07) is 0.452. The molecule has 1 unspecified atom stereocenters. The minimum absolute atomic E-state index is 0.0724. The number of hydrogen-bond donors (Lipinski definition) is 2. The lowest BCUT2D eigenvalue weighted by Crippen LogP contribution is -2.61. The Morgan fingerprint density at radius 1 is 1.32 bits per heavy atom. The van der Waals surface area contributed by atoms with Crippen molar-refractivity contribution in [1.29, 1.82) is 0 Å². The molecule has 1 atom stereocenters. The topological polar surface area (TPSA) is 52.6 Å². The Balaban J connectivity index is 1.45. The van der Waals surface area contributed by atoms with E-state index in [1.165, 1.54) is 32.1 Å². The van der Waals surface area contributed by atoms with Crippen LogP contribution in [0.25, 0.3) is 0 Å². The van der Waals surface area contributed by atoms with Crippen LogP contribution in [0.5, 0.6) is 0 Å². The lowest BCUT2D eigenvalue weighted by atomic mass is 9.83. The molecule has 4 nitrogen and oxygen atoms in total.